The van der Waals surface area contributed by atoms with Crippen molar-refractivity contribution >= 4 is 6.09 Å². The molecule has 0 aliphatic heterocycles. The van der Waals surface area contributed by atoms with Crippen molar-refractivity contribution < 1.29 is 14.3 Å². The van der Waals surface area contributed by atoms with Crippen molar-refractivity contribution in [3.8, 4) is 11.3 Å². The molecule has 0 saturated carbocycles. The maximum Gasteiger partial charge on any atom is 0.407 e. The van der Waals surface area contributed by atoms with E-state index in [1.807, 2.05) is 0 Å². The first-order valence-electron chi connectivity index (χ1n) is 5.30. The summed E-state index contributed by atoms with van der Waals surface area (Å²) in [6, 6.07) is 4.96. The molecule has 18 heavy (non-hydrogen) atoms. The van der Waals surface area contributed by atoms with E-state index in [0.29, 0.717) is 11.3 Å². The lowest BCUT2D eigenvalue weighted by Crippen LogP contribution is -2.23. The van der Waals surface area contributed by atoms with Crippen molar-refractivity contribution in [1.29, 1.82) is 0 Å². The van der Waals surface area contributed by atoms with Gasteiger partial charge < -0.3 is 15.0 Å². The van der Waals surface area contributed by atoms with Gasteiger partial charge in [-0.15, -0.1) is 0 Å². The van der Waals surface area contributed by atoms with Crippen LogP contribution in [-0.4, -0.2) is 33.1 Å². The maximum absolute atomic E-state index is 13.4. The Bertz CT molecular complexity index is 568. The molecule has 0 aliphatic rings. The molecule has 2 rings (SSSR count). The summed E-state index contributed by atoms with van der Waals surface area (Å²) in [5, 5.41) is 8.76. The minimum absolute atomic E-state index is 0.244. The molecule has 0 bridgehead atoms. The fourth-order valence-electron chi connectivity index (χ4n) is 1.61. The van der Waals surface area contributed by atoms with E-state index >= 15 is 0 Å². The summed E-state index contributed by atoms with van der Waals surface area (Å²) in [7, 11) is 1.47. The molecule has 2 heterocycles. The summed E-state index contributed by atoms with van der Waals surface area (Å²) in [4.78, 5) is 18.3. The summed E-state index contributed by atoms with van der Waals surface area (Å²) in [6.45, 7) is 0.244. The number of H-pyrrole nitrogens is 1. The highest BCUT2D eigenvalue weighted by atomic mass is 19.1. The Labute approximate surface area is 103 Å². The Morgan fingerprint density at radius 2 is 2.39 bits per heavy atom. The normalized spacial score (nSPS) is 10.3. The van der Waals surface area contributed by atoms with Crippen molar-refractivity contribution in [2.75, 3.05) is 7.05 Å². The van der Waals surface area contributed by atoms with Crippen LogP contribution in [0.3, 0.4) is 0 Å². The smallest absolute Gasteiger partial charge is 0.407 e. The molecule has 0 unspecified atom stereocenters. The molecule has 0 saturated heterocycles. The molecule has 1 amide bonds. The van der Waals surface area contributed by atoms with E-state index in [4.69, 9.17) is 5.11 Å². The average Bonchev–Trinajstić information content (AvgIpc) is 2.77. The van der Waals surface area contributed by atoms with Gasteiger partial charge in [-0.25, -0.2) is 9.78 Å². The van der Waals surface area contributed by atoms with Gasteiger partial charge in [0.05, 0.1) is 17.8 Å². The van der Waals surface area contributed by atoms with Gasteiger partial charge in [0.2, 0.25) is 5.95 Å². The third-order valence-corrected chi connectivity index (χ3v) is 2.54. The molecule has 2 aromatic rings. The summed E-state index contributed by atoms with van der Waals surface area (Å²) in [5.41, 5.74) is 1.70. The van der Waals surface area contributed by atoms with Crippen LogP contribution in [0.2, 0.25) is 0 Å². The minimum Gasteiger partial charge on any atom is -0.465 e. The van der Waals surface area contributed by atoms with E-state index in [-0.39, 0.29) is 6.54 Å². The molecular formula is C12H12FN3O2. The fraction of sp³-hybridized carbons (Fsp3) is 0.167. The van der Waals surface area contributed by atoms with Gasteiger partial charge in [-0.05, 0) is 23.8 Å². The second-order valence-corrected chi connectivity index (χ2v) is 3.90. The average molecular weight is 249 g/mol. The number of nitrogens with one attached hydrogen (secondary N) is 1. The number of rotatable bonds is 3. The lowest BCUT2D eigenvalue weighted by molar-refractivity contribution is 0.154. The molecule has 0 aromatic carbocycles. The molecule has 2 aromatic heterocycles. The molecule has 0 spiro atoms. The Morgan fingerprint density at radius 1 is 1.61 bits per heavy atom. The number of aromatic amines is 1. The first kappa shape index (κ1) is 12.1. The topological polar surface area (TPSA) is 69.2 Å². The number of halogens is 1. The van der Waals surface area contributed by atoms with Crippen molar-refractivity contribution in [2.24, 2.45) is 0 Å². The van der Waals surface area contributed by atoms with Crippen molar-refractivity contribution in [3.63, 3.8) is 0 Å². The molecule has 94 valence electrons. The van der Waals surface area contributed by atoms with Crippen LogP contribution in [0.15, 0.2) is 30.6 Å². The van der Waals surface area contributed by atoms with Crippen molar-refractivity contribution in [1.82, 2.24) is 14.9 Å². The number of nitrogens with zero attached hydrogens (tertiary/aromatic N) is 2. The van der Waals surface area contributed by atoms with Gasteiger partial charge in [0.25, 0.3) is 0 Å². The van der Waals surface area contributed by atoms with E-state index in [1.165, 1.54) is 13.2 Å². The predicted molar refractivity (Wildman–Crippen MR) is 63.5 cm³/mol. The standard InChI is InChI=1S/C12H12FN3O2/c1-16(12(17)18)7-8-5-10(15-6-8)9-3-2-4-14-11(9)13/h2-6,15H,7H2,1H3,(H,17,18). The molecule has 0 atom stereocenters. The number of carboxylic acid groups (broad SMARTS) is 1. The van der Waals surface area contributed by atoms with Crippen LogP contribution in [0.25, 0.3) is 11.3 Å². The number of hydrogen-bond acceptors (Lipinski definition) is 2. The first-order chi connectivity index (χ1) is 8.58. The fourth-order valence-corrected chi connectivity index (χ4v) is 1.61. The summed E-state index contributed by atoms with van der Waals surface area (Å²) in [5.74, 6) is -0.558. The van der Waals surface area contributed by atoms with Gasteiger partial charge >= 0.3 is 6.09 Å². The zero-order valence-corrected chi connectivity index (χ0v) is 9.72. The second kappa shape index (κ2) is 4.87. The SMILES string of the molecule is CN(Cc1c[nH]c(-c2cccnc2F)c1)C(=O)O. The van der Waals surface area contributed by atoms with Gasteiger partial charge in [-0.3, -0.25) is 0 Å². The number of aromatic nitrogens is 2. The lowest BCUT2D eigenvalue weighted by atomic mass is 10.2. The van der Waals surface area contributed by atoms with Crippen molar-refractivity contribution in [2.45, 2.75) is 6.54 Å². The van der Waals surface area contributed by atoms with E-state index in [1.54, 1.807) is 24.4 Å². The first-order valence-corrected chi connectivity index (χ1v) is 5.30. The zero-order chi connectivity index (χ0) is 13.1. The van der Waals surface area contributed by atoms with Crippen LogP contribution in [0.1, 0.15) is 5.56 Å². The highest BCUT2D eigenvalue weighted by molar-refractivity contribution is 5.65. The van der Waals surface area contributed by atoms with Crippen LogP contribution in [0.4, 0.5) is 9.18 Å². The van der Waals surface area contributed by atoms with Crippen LogP contribution < -0.4 is 0 Å². The Hall–Kier alpha value is -2.37. The zero-order valence-electron chi connectivity index (χ0n) is 9.72. The highest BCUT2D eigenvalue weighted by Gasteiger charge is 2.10. The molecule has 0 aliphatic carbocycles. The number of amides is 1. The molecule has 2 N–H and O–H groups in total. The van der Waals surface area contributed by atoms with Crippen LogP contribution in [0.5, 0.6) is 0 Å². The maximum atomic E-state index is 13.4. The molecule has 5 nitrogen and oxygen atoms in total. The summed E-state index contributed by atoms with van der Waals surface area (Å²) >= 11 is 0. The monoisotopic (exact) mass is 249 g/mol. The van der Waals surface area contributed by atoms with Crippen LogP contribution in [0, 0.1) is 5.95 Å². The number of pyridine rings is 1. The van der Waals surface area contributed by atoms with Gasteiger partial charge in [0.1, 0.15) is 0 Å². The van der Waals surface area contributed by atoms with E-state index < -0.39 is 12.0 Å². The van der Waals surface area contributed by atoms with E-state index in [0.717, 1.165) is 10.5 Å². The quantitative estimate of drug-likeness (QED) is 0.820. The van der Waals surface area contributed by atoms with Crippen molar-refractivity contribution in [3.05, 3.63) is 42.1 Å². The summed E-state index contributed by atoms with van der Waals surface area (Å²) < 4.78 is 13.4. The van der Waals surface area contributed by atoms with Gasteiger partial charge in [-0.1, -0.05) is 0 Å². The molecule has 6 heteroatoms. The highest BCUT2D eigenvalue weighted by Crippen LogP contribution is 2.21. The number of hydrogen-bond donors (Lipinski definition) is 2. The Balaban J connectivity index is 2.21. The predicted octanol–water partition coefficient (Wildman–Crippen LogP) is 2.33. The van der Waals surface area contributed by atoms with Gasteiger partial charge in [0.15, 0.2) is 0 Å². The molecule has 0 fully saturated rings. The Morgan fingerprint density at radius 3 is 3.06 bits per heavy atom. The molecular weight excluding hydrogens is 237 g/mol. The number of carbonyl (C=O) groups is 1. The van der Waals surface area contributed by atoms with Gasteiger partial charge in [-0.2, -0.15) is 4.39 Å². The van der Waals surface area contributed by atoms with E-state index in [2.05, 4.69) is 9.97 Å². The van der Waals surface area contributed by atoms with Crippen LogP contribution in [-0.2, 0) is 6.54 Å². The third kappa shape index (κ3) is 2.48. The second-order valence-electron chi connectivity index (χ2n) is 3.90. The van der Waals surface area contributed by atoms with Crippen LogP contribution >= 0.6 is 0 Å². The Kier molecular flexibility index (Phi) is 3.27. The minimum atomic E-state index is -1.01. The van der Waals surface area contributed by atoms with Gasteiger partial charge in [0, 0.05) is 19.4 Å². The van der Waals surface area contributed by atoms with E-state index in [9.17, 15) is 9.18 Å². The third-order valence-electron chi connectivity index (χ3n) is 2.54. The molecule has 0 radical (unpaired) electrons. The summed E-state index contributed by atoms with van der Waals surface area (Å²) in [6.07, 6.45) is 2.02. The largest absolute Gasteiger partial charge is 0.465 e. The lowest BCUT2D eigenvalue weighted by Gasteiger charge is -2.10.